The predicted octanol–water partition coefficient (Wildman–Crippen LogP) is 4.20. The fraction of sp³-hybridized carbons (Fsp3) is 0.286. The average molecular weight is 353 g/mol. The Hall–Kier alpha value is -2.95. The van der Waals surface area contributed by atoms with E-state index in [-0.39, 0.29) is 11.9 Å². The van der Waals surface area contributed by atoms with E-state index in [1.165, 1.54) is 5.56 Å². The highest BCUT2D eigenvalue weighted by molar-refractivity contribution is 5.96. The molecule has 0 radical (unpaired) electrons. The standard InChI is InChI=1S/C21H23NO4/c1-14(4-5-15-6-8-17(24-2)9-7-15)22-21(23)20-13-16-12-18(25-3)10-11-19(16)26-20/h6-14H,4-5H2,1-3H3,(H,22,23). The van der Waals surface area contributed by atoms with Crippen LogP contribution in [0.2, 0.25) is 0 Å². The maximum absolute atomic E-state index is 12.4. The SMILES string of the molecule is COc1ccc(CCC(C)NC(=O)c2cc3cc(OC)ccc3o2)cc1. The minimum atomic E-state index is -0.206. The molecule has 0 fully saturated rings. The molecule has 5 nitrogen and oxygen atoms in total. The summed E-state index contributed by atoms with van der Waals surface area (Å²) in [4.78, 5) is 12.4. The molecule has 0 saturated heterocycles. The number of furan rings is 1. The zero-order valence-electron chi connectivity index (χ0n) is 15.2. The third kappa shape index (κ3) is 4.17. The molecule has 0 aliphatic carbocycles. The summed E-state index contributed by atoms with van der Waals surface area (Å²) >= 11 is 0. The van der Waals surface area contributed by atoms with Gasteiger partial charge >= 0.3 is 0 Å². The molecule has 3 rings (SSSR count). The smallest absolute Gasteiger partial charge is 0.287 e. The molecule has 1 atom stereocenters. The maximum atomic E-state index is 12.4. The largest absolute Gasteiger partial charge is 0.497 e. The molecule has 1 heterocycles. The molecule has 0 spiro atoms. The van der Waals surface area contributed by atoms with Crippen LogP contribution in [-0.4, -0.2) is 26.2 Å². The second-order valence-electron chi connectivity index (χ2n) is 6.28. The molecule has 0 saturated carbocycles. The first kappa shape index (κ1) is 17.9. The number of benzene rings is 2. The number of rotatable bonds is 7. The van der Waals surface area contributed by atoms with Crippen molar-refractivity contribution in [1.29, 1.82) is 0 Å². The van der Waals surface area contributed by atoms with Crippen molar-refractivity contribution in [3.8, 4) is 11.5 Å². The van der Waals surface area contributed by atoms with E-state index in [4.69, 9.17) is 13.9 Å². The van der Waals surface area contributed by atoms with Crippen molar-refractivity contribution in [3.05, 3.63) is 59.9 Å². The first-order valence-electron chi connectivity index (χ1n) is 8.60. The quantitative estimate of drug-likeness (QED) is 0.691. The van der Waals surface area contributed by atoms with Crippen LogP contribution in [0, 0.1) is 0 Å². The van der Waals surface area contributed by atoms with E-state index in [1.54, 1.807) is 26.4 Å². The molecule has 1 aromatic heterocycles. The van der Waals surface area contributed by atoms with Gasteiger partial charge in [-0.05, 0) is 61.7 Å². The van der Waals surface area contributed by atoms with Crippen molar-refractivity contribution in [2.75, 3.05) is 14.2 Å². The summed E-state index contributed by atoms with van der Waals surface area (Å²) in [5.41, 5.74) is 1.88. The van der Waals surface area contributed by atoms with Gasteiger partial charge in [-0.2, -0.15) is 0 Å². The van der Waals surface area contributed by atoms with Gasteiger partial charge in [0.05, 0.1) is 14.2 Å². The normalized spacial score (nSPS) is 12.0. The van der Waals surface area contributed by atoms with Crippen molar-refractivity contribution >= 4 is 16.9 Å². The molecule has 0 aliphatic rings. The molecule has 5 heteroatoms. The molecule has 1 unspecified atom stereocenters. The van der Waals surface area contributed by atoms with Gasteiger partial charge < -0.3 is 19.2 Å². The number of methoxy groups -OCH3 is 2. The molecule has 0 aliphatic heterocycles. The zero-order chi connectivity index (χ0) is 18.5. The van der Waals surface area contributed by atoms with Crippen LogP contribution in [-0.2, 0) is 6.42 Å². The first-order chi connectivity index (χ1) is 12.6. The van der Waals surface area contributed by atoms with E-state index in [2.05, 4.69) is 5.32 Å². The van der Waals surface area contributed by atoms with E-state index in [9.17, 15) is 4.79 Å². The fourth-order valence-corrected chi connectivity index (χ4v) is 2.80. The summed E-state index contributed by atoms with van der Waals surface area (Å²) in [6.45, 7) is 1.99. The van der Waals surface area contributed by atoms with E-state index in [0.717, 1.165) is 29.7 Å². The van der Waals surface area contributed by atoms with Crippen LogP contribution in [0.3, 0.4) is 0 Å². The molecular weight excluding hydrogens is 330 g/mol. The van der Waals surface area contributed by atoms with E-state index in [1.807, 2.05) is 43.3 Å². The number of nitrogens with one attached hydrogen (secondary N) is 1. The summed E-state index contributed by atoms with van der Waals surface area (Å²) in [5, 5.41) is 3.84. The van der Waals surface area contributed by atoms with Crippen molar-refractivity contribution in [3.63, 3.8) is 0 Å². The van der Waals surface area contributed by atoms with Crippen LogP contribution in [0.15, 0.2) is 52.9 Å². The lowest BCUT2D eigenvalue weighted by atomic mass is 10.1. The summed E-state index contributed by atoms with van der Waals surface area (Å²) in [6.07, 6.45) is 1.72. The van der Waals surface area contributed by atoms with Crippen LogP contribution in [0.25, 0.3) is 11.0 Å². The van der Waals surface area contributed by atoms with E-state index >= 15 is 0 Å². The van der Waals surface area contributed by atoms with Gasteiger partial charge in [-0.15, -0.1) is 0 Å². The average Bonchev–Trinajstić information content (AvgIpc) is 3.10. The Bertz CT molecular complexity index is 883. The van der Waals surface area contributed by atoms with Gasteiger partial charge in [0, 0.05) is 11.4 Å². The van der Waals surface area contributed by atoms with Gasteiger partial charge in [0.2, 0.25) is 0 Å². The molecule has 0 bridgehead atoms. The number of ether oxygens (including phenoxy) is 2. The Morgan fingerprint density at radius 1 is 1.04 bits per heavy atom. The van der Waals surface area contributed by atoms with Crippen LogP contribution >= 0.6 is 0 Å². The lowest BCUT2D eigenvalue weighted by Gasteiger charge is -2.13. The molecule has 1 N–H and O–H groups in total. The van der Waals surface area contributed by atoms with E-state index < -0.39 is 0 Å². The van der Waals surface area contributed by atoms with Gasteiger partial charge in [0.15, 0.2) is 5.76 Å². The second kappa shape index (κ2) is 7.95. The second-order valence-corrected chi connectivity index (χ2v) is 6.28. The molecule has 2 aromatic carbocycles. The Morgan fingerprint density at radius 2 is 1.73 bits per heavy atom. The lowest BCUT2D eigenvalue weighted by Crippen LogP contribution is -2.32. The van der Waals surface area contributed by atoms with Crippen molar-refractivity contribution in [2.24, 2.45) is 0 Å². The van der Waals surface area contributed by atoms with E-state index in [0.29, 0.717) is 11.3 Å². The van der Waals surface area contributed by atoms with Crippen molar-refractivity contribution < 1.29 is 18.7 Å². The maximum Gasteiger partial charge on any atom is 0.287 e. The molecular formula is C21H23NO4. The molecule has 136 valence electrons. The summed E-state index contributed by atoms with van der Waals surface area (Å²) < 4.78 is 16.0. The third-order valence-corrected chi connectivity index (χ3v) is 4.35. The Balaban J connectivity index is 1.58. The van der Waals surface area contributed by atoms with Gasteiger partial charge in [0.1, 0.15) is 17.1 Å². The number of fused-ring (bicyclic) bond motifs is 1. The minimum Gasteiger partial charge on any atom is -0.497 e. The summed E-state index contributed by atoms with van der Waals surface area (Å²) in [7, 11) is 3.26. The highest BCUT2D eigenvalue weighted by Crippen LogP contribution is 2.24. The summed E-state index contributed by atoms with van der Waals surface area (Å²) in [6, 6.07) is 15.2. The zero-order valence-corrected chi connectivity index (χ0v) is 15.2. The van der Waals surface area contributed by atoms with Crippen LogP contribution < -0.4 is 14.8 Å². The predicted molar refractivity (Wildman–Crippen MR) is 101 cm³/mol. The molecule has 1 amide bonds. The number of carbonyl (C=O) groups excluding carboxylic acids is 1. The number of amides is 1. The van der Waals surface area contributed by atoms with Crippen LogP contribution in [0.5, 0.6) is 11.5 Å². The first-order valence-corrected chi connectivity index (χ1v) is 8.60. The van der Waals surface area contributed by atoms with Gasteiger partial charge in [-0.3, -0.25) is 4.79 Å². The Kier molecular flexibility index (Phi) is 5.46. The summed E-state index contributed by atoms with van der Waals surface area (Å²) in [5.74, 6) is 1.68. The Labute approximate surface area is 152 Å². The van der Waals surface area contributed by atoms with Crippen molar-refractivity contribution in [2.45, 2.75) is 25.8 Å². The highest BCUT2D eigenvalue weighted by atomic mass is 16.5. The highest BCUT2D eigenvalue weighted by Gasteiger charge is 2.15. The molecule has 26 heavy (non-hydrogen) atoms. The number of carbonyl (C=O) groups is 1. The van der Waals surface area contributed by atoms with Gasteiger partial charge in [-0.25, -0.2) is 0 Å². The fourth-order valence-electron chi connectivity index (χ4n) is 2.80. The van der Waals surface area contributed by atoms with Gasteiger partial charge in [0.25, 0.3) is 5.91 Å². The Morgan fingerprint density at radius 3 is 2.42 bits per heavy atom. The van der Waals surface area contributed by atoms with Crippen LogP contribution in [0.1, 0.15) is 29.5 Å². The number of aryl methyl sites for hydroxylation is 1. The number of hydrogen-bond donors (Lipinski definition) is 1. The minimum absolute atomic E-state index is 0.0346. The monoisotopic (exact) mass is 353 g/mol. The molecule has 3 aromatic rings. The van der Waals surface area contributed by atoms with Crippen LogP contribution in [0.4, 0.5) is 0 Å². The lowest BCUT2D eigenvalue weighted by molar-refractivity contribution is 0.0912. The van der Waals surface area contributed by atoms with Gasteiger partial charge in [-0.1, -0.05) is 12.1 Å². The number of hydrogen-bond acceptors (Lipinski definition) is 4. The van der Waals surface area contributed by atoms with Crippen molar-refractivity contribution in [1.82, 2.24) is 5.32 Å². The third-order valence-electron chi connectivity index (χ3n) is 4.35. The topological polar surface area (TPSA) is 60.7 Å².